The summed E-state index contributed by atoms with van der Waals surface area (Å²) in [6.07, 6.45) is 1.14. The molecule has 0 saturated carbocycles. The van der Waals surface area contributed by atoms with Crippen molar-refractivity contribution in [2.75, 3.05) is 13.1 Å². The number of carbonyl (C=O) groups is 1. The third-order valence-corrected chi connectivity index (χ3v) is 3.95. The molecule has 104 valence electrons. The molecule has 1 N–H and O–H groups in total. The lowest BCUT2D eigenvalue weighted by atomic mass is 9.95. The Labute approximate surface area is 113 Å². The molecule has 1 aliphatic heterocycles. The van der Waals surface area contributed by atoms with E-state index in [0.717, 1.165) is 19.5 Å². The lowest BCUT2D eigenvalue weighted by molar-refractivity contribution is 0.0691. The highest BCUT2D eigenvalue weighted by atomic mass is 19.1. The number of benzene rings is 1. The van der Waals surface area contributed by atoms with E-state index in [0.29, 0.717) is 23.9 Å². The zero-order valence-electron chi connectivity index (χ0n) is 11.4. The molecule has 19 heavy (non-hydrogen) atoms. The van der Waals surface area contributed by atoms with Crippen molar-refractivity contribution < 1.29 is 14.3 Å². The van der Waals surface area contributed by atoms with Gasteiger partial charge in [-0.05, 0) is 30.9 Å². The van der Waals surface area contributed by atoms with E-state index >= 15 is 0 Å². The van der Waals surface area contributed by atoms with E-state index in [4.69, 9.17) is 5.11 Å². The van der Waals surface area contributed by atoms with E-state index in [1.807, 2.05) is 0 Å². The predicted octanol–water partition coefficient (Wildman–Crippen LogP) is 3.00. The summed E-state index contributed by atoms with van der Waals surface area (Å²) in [6.45, 7) is 6.84. The zero-order chi connectivity index (χ0) is 14.0. The third-order valence-electron chi connectivity index (χ3n) is 3.95. The van der Waals surface area contributed by atoms with Crippen molar-refractivity contribution in [2.45, 2.75) is 26.8 Å². The molecule has 1 aliphatic rings. The summed E-state index contributed by atoms with van der Waals surface area (Å²) in [4.78, 5) is 13.1. The number of aromatic carboxylic acids is 1. The third kappa shape index (κ3) is 3.13. The van der Waals surface area contributed by atoms with Gasteiger partial charge in [-0.1, -0.05) is 26.0 Å². The number of hydrogen-bond acceptors (Lipinski definition) is 2. The Hall–Kier alpha value is -1.42. The van der Waals surface area contributed by atoms with Crippen LogP contribution in [-0.4, -0.2) is 29.1 Å². The van der Waals surface area contributed by atoms with Crippen LogP contribution in [0.25, 0.3) is 0 Å². The van der Waals surface area contributed by atoms with Gasteiger partial charge in [-0.3, -0.25) is 4.90 Å². The standard InChI is InChI=1S/C15H20FNO2/c1-10(2)11-6-7-17(8-11)9-12-4-3-5-13(14(12)16)15(18)19/h3-5,10-11H,6-9H2,1-2H3,(H,18,19). The molecule has 0 aliphatic carbocycles. The molecule has 1 heterocycles. The number of hydrogen-bond donors (Lipinski definition) is 1. The van der Waals surface area contributed by atoms with Crippen molar-refractivity contribution >= 4 is 5.97 Å². The highest BCUT2D eigenvalue weighted by Crippen LogP contribution is 2.25. The summed E-state index contributed by atoms with van der Waals surface area (Å²) >= 11 is 0. The van der Waals surface area contributed by atoms with Crippen LogP contribution in [0.2, 0.25) is 0 Å². The average molecular weight is 265 g/mol. The average Bonchev–Trinajstić information content (AvgIpc) is 2.80. The quantitative estimate of drug-likeness (QED) is 0.909. The predicted molar refractivity (Wildman–Crippen MR) is 71.6 cm³/mol. The Bertz CT molecular complexity index is 473. The first-order valence-electron chi connectivity index (χ1n) is 6.72. The Morgan fingerprint density at radius 1 is 1.53 bits per heavy atom. The van der Waals surface area contributed by atoms with Crippen molar-refractivity contribution in [2.24, 2.45) is 11.8 Å². The second-order valence-electron chi connectivity index (χ2n) is 5.61. The molecule has 4 heteroatoms. The van der Waals surface area contributed by atoms with E-state index in [1.54, 1.807) is 12.1 Å². The molecular formula is C15H20FNO2. The molecular weight excluding hydrogens is 245 g/mol. The van der Waals surface area contributed by atoms with E-state index in [-0.39, 0.29) is 5.56 Å². The summed E-state index contributed by atoms with van der Waals surface area (Å²) in [5, 5.41) is 8.91. The van der Waals surface area contributed by atoms with Crippen LogP contribution in [0.15, 0.2) is 18.2 Å². The second-order valence-corrected chi connectivity index (χ2v) is 5.61. The summed E-state index contributed by atoms with van der Waals surface area (Å²) in [5.74, 6) is -0.505. The van der Waals surface area contributed by atoms with Crippen molar-refractivity contribution in [3.8, 4) is 0 Å². The molecule has 2 rings (SSSR count). The van der Waals surface area contributed by atoms with Gasteiger partial charge in [0.25, 0.3) is 0 Å². The maximum atomic E-state index is 14.0. The fraction of sp³-hybridized carbons (Fsp3) is 0.533. The van der Waals surface area contributed by atoms with Gasteiger partial charge in [-0.15, -0.1) is 0 Å². The Balaban J connectivity index is 2.08. The number of halogens is 1. The van der Waals surface area contributed by atoms with Gasteiger partial charge in [0.2, 0.25) is 0 Å². The summed E-state index contributed by atoms with van der Waals surface area (Å²) in [5.41, 5.74) is 0.237. The van der Waals surface area contributed by atoms with Gasteiger partial charge in [0.05, 0.1) is 5.56 Å². The molecule has 0 aromatic heterocycles. The molecule has 0 spiro atoms. The first kappa shape index (κ1) is 14.0. The lowest BCUT2D eigenvalue weighted by Gasteiger charge is -2.18. The van der Waals surface area contributed by atoms with E-state index in [9.17, 15) is 9.18 Å². The SMILES string of the molecule is CC(C)C1CCN(Cc2cccc(C(=O)O)c2F)C1. The Morgan fingerprint density at radius 2 is 2.26 bits per heavy atom. The minimum absolute atomic E-state index is 0.239. The van der Waals surface area contributed by atoms with Crippen LogP contribution in [0, 0.1) is 17.7 Å². The van der Waals surface area contributed by atoms with E-state index in [2.05, 4.69) is 18.7 Å². The molecule has 1 unspecified atom stereocenters. The number of rotatable bonds is 4. The van der Waals surface area contributed by atoms with Gasteiger partial charge in [-0.25, -0.2) is 9.18 Å². The van der Waals surface area contributed by atoms with Crippen molar-refractivity contribution in [3.63, 3.8) is 0 Å². The summed E-state index contributed by atoms with van der Waals surface area (Å²) < 4.78 is 14.0. The van der Waals surface area contributed by atoms with Crippen LogP contribution >= 0.6 is 0 Å². The maximum absolute atomic E-state index is 14.0. The second kappa shape index (κ2) is 5.70. The van der Waals surface area contributed by atoms with Gasteiger partial charge in [0.15, 0.2) is 0 Å². The molecule has 3 nitrogen and oxygen atoms in total. The van der Waals surface area contributed by atoms with Crippen molar-refractivity contribution in [3.05, 3.63) is 35.1 Å². The van der Waals surface area contributed by atoms with Crippen LogP contribution in [0.3, 0.4) is 0 Å². The fourth-order valence-corrected chi connectivity index (χ4v) is 2.66. The molecule has 0 bridgehead atoms. The normalized spacial score (nSPS) is 20.1. The minimum Gasteiger partial charge on any atom is -0.478 e. The molecule has 0 amide bonds. The van der Waals surface area contributed by atoms with Gasteiger partial charge in [-0.2, -0.15) is 0 Å². The largest absolute Gasteiger partial charge is 0.478 e. The van der Waals surface area contributed by atoms with Crippen LogP contribution in [0.5, 0.6) is 0 Å². The first-order chi connectivity index (χ1) is 8.99. The Kier molecular flexibility index (Phi) is 4.20. The molecule has 1 atom stereocenters. The number of nitrogens with zero attached hydrogens (tertiary/aromatic N) is 1. The van der Waals surface area contributed by atoms with Crippen molar-refractivity contribution in [1.82, 2.24) is 4.90 Å². The van der Waals surface area contributed by atoms with Crippen LogP contribution in [0.4, 0.5) is 4.39 Å². The zero-order valence-corrected chi connectivity index (χ0v) is 11.4. The molecule has 1 aromatic carbocycles. The number of carboxylic acid groups (broad SMARTS) is 1. The van der Waals surface area contributed by atoms with Crippen molar-refractivity contribution in [1.29, 1.82) is 0 Å². The summed E-state index contributed by atoms with van der Waals surface area (Å²) in [6, 6.07) is 4.59. The maximum Gasteiger partial charge on any atom is 0.338 e. The minimum atomic E-state index is -1.21. The summed E-state index contributed by atoms with van der Waals surface area (Å²) in [7, 11) is 0. The molecule has 1 aromatic rings. The van der Waals surface area contributed by atoms with Crippen LogP contribution in [-0.2, 0) is 6.54 Å². The van der Waals surface area contributed by atoms with Gasteiger partial charge in [0, 0.05) is 18.7 Å². The highest BCUT2D eigenvalue weighted by molar-refractivity contribution is 5.88. The van der Waals surface area contributed by atoms with E-state index < -0.39 is 11.8 Å². The van der Waals surface area contributed by atoms with Crippen LogP contribution < -0.4 is 0 Å². The smallest absolute Gasteiger partial charge is 0.338 e. The molecule has 1 saturated heterocycles. The van der Waals surface area contributed by atoms with Gasteiger partial charge in [0.1, 0.15) is 5.82 Å². The van der Waals surface area contributed by atoms with Crippen LogP contribution in [0.1, 0.15) is 36.2 Å². The highest BCUT2D eigenvalue weighted by Gasteiger charge is 2.25. The van der Waals surface area contributed by atoms with Gasteiger partial charge < -0.3 is 5.11 Å². The monoisotopic (exact) mass is 265 g/mol. The van der Waals surface area contributed by atoms with E-state index in [1.165, 1.54) is 6.07 Å². The first-order valence-corrected chi connectivity index (χ1v) is 6.72. The number of likely N-dealkylation sites (tertiary alicyclic amines) is 1. The number of carboxylic acids is 1. The molecule has 1 fully saturated rings. The molecule has 0 radical (unpaired) electrons. The Morgan fingerprint density at radius 3 is 2.84 bits per heavy atom. The fourth-order valence-electron chi connectivity index (χ4n) is 2.66. The lowest BCUT2D eigenvalue weighted by Crippen LogP contribution is -2.22. The topological polar surface area (TPSA) is 40.5 Å². The van der Waals surface area contributed by atoms with Gasteiger partial charge >= 0.3 is 5.97 Å².